The molecule has 0 radical (unpaired) electrons. The van der Waals surface area contributed by atoms with Crippen LogP contribution in [-0.4, -0.2) is 13.1 Å². The molecule has 2 rings (SSSR count). The summed E-state index contributed by atoms with van der Waals surface area (Å²) in [4.78, 5) is 2.45. The molecule has 3 heteroatoms. The number of nitrogens with zero attached hydrogens (tertiary/aromatic N) is 1. The molecule has 0 spiro atoms. The Hall–Kier alpha value is 0.230. The fourth-order valence-corrected chi connectivity index (χ4v) is 2.47. The lowest BCUT2D eigenvalue weighted by Gasteiger charge is -2.40. The highest BCUT2D eigenvalue weighted by Gasteiger charge is 2.25. The number of hydrogen-bond acceptors (Lipinski definition) is 1. The van der Waals surface area contributed by atoms with Crippen LogP contribution in [0.2, 0.25) is 0 Å². The molecule has 0 amide bonds. The molecule has 0 bridgehead atoms. The molecule has 0 unspecified atom stereocenters. The summed E-state index contributed by atoms with van der Waals surface area (Å²) in [5.41, 5.74) is 1.36. The van der Waals surface area contributed by atoms with Crippen molar-refractivity contribution in [1.82, 2.24) is 0 Å². The zero-order chi connectivity index (χ0) is 10.1. The van der Waals surface area contributed by atoms with Crippen molar-refractivity contribution >= 4 is 44.2 Å². The Balaban J connectivity index is 2.08. The lowest BCUT2D eigenvalue weighted by molar-refractivity contribution is 0.399. The van der Waals surface area contributed by atoms with Crippen LogP contribution in [0.4, 0.5) is 5.69 Å². The number of anilines is 1. The molecule has 0 aliphatic carbocycles. The molecule has 1 aliphatic heterocycles. The van der Waals surface area contributed by atoms with Crippen LogP contribution in [0.5, 0.6) is 0 Å². The van der Waals surface area contributed by atoms with E-state index in [-0.39, 0.29) is 0 Å². The Kier molecular flexibility index (Phi) is 3.37. The fraction of sp³-hybridized carbons (Fsp3) is 0.455. The van der Waals surface area contributed by atoms with Crippen molar-refractivity contribution in [3.8, 4) is 0 Å². The van der Waals surface area contributed by atoms with Gasteiger partial charge in [-0.1, -0.05) is 6.92 Å². The van der Waals surface area contributed by atoms with Crippen LogP contribution in [0.3, 0.4) is 0 Å². The van der Waals surface area contributed by atoms with Gasteiger partial charge in [-0.15, -0.1) is 0 Å². The summed E-state index contributed by atoms with van der Waals surface area (Å²) in [5, 5.41) is 0. The molecule has 76 valence electrons. The van der Waals surface area contributed by atoms with Crippen LogP contribution in [0, 0.1) is 9.49 Å². The van der Waals surface area contributed by atoms with E-state index in [1.807, 2.05) is 0 Å². The van der Waals surface area contributed by atoms with Gasteiger partial charge in [0.25, 0.3) is 0 Å². The monoisotopic (exact) mass is 365 g/mol. The summed E-state index contributed by atoms with van der Waals surface area (Å²) in [5.74, 6) is 0.913. The second-order valence-electron chi connectivity index (χ2n) is 3.78. The first-order valence-corrected chi connectivity index (χ1v) is 6.78. The summed E-state index contributed by atoms with van der Waals surface area (Å²) >= 11 is 5.88. The van der Waals surface area contributed by atoms with Crippen molar-refractivity contribution in [2.24, 2.45) is 5.92 Å². The van der Waals surface area contributed by atoms with Crippen molar-refractivity contribution < 1.29 is 0 Å². The van der Waals surface area contributed by atoms with Crippen molar-refractivity contribution in [2.45, 2.75) is 13.3 Å². The van der Waals surface area contributed by atoms with E-state index in [0.29, 0.717) is 0 Å². The van der Waals surface area contributed by atoms with Gasteiger partial charge in [0, 0.05) is 26.8 Å². The van der Waals surface area contributed by atoms with Gasteiger partial charge >= 0.3 is 0 Å². The summed E-state index contributed by atoms with van der Waals surface area (Å²) in [6, 6.07) is 6.57. The quantitative estimate of drug-likeness (QED) is 0.718. The molecule has 1 fully saturated rings. The first-order chi connectivity index (χ1) is 6.70. The first kappa shape index (κ1) is 10.7. The normalized spacial score (nSPS) is 16.9. The molecule has 0 aromatic heterocycles. The molecular formula is C11H13BrIN. The van der Waals surface area contributed by atoms with Crippen molar-refractivity contribution in [3.63, 3.8) is 0 Å². The SMILES string of the molecule is CCC1CN(c2ccc(Br)c(I)c2)C1. The van der Waals surface area contributed by atoms with E-state index in [4.69, 9.17) is 0 Å². The van der Waals surface area contributed by atoms with E-state index in [1.54, 1.807) is 0 Å². The van der Waals surface area contributed by atoms with E-state index >= 15 is 0 Å². The second-order valence-corrected chi connectivity index (χ2v) is 5.79. The number of rotatable bonds is 2. The third kappa shape index (κ3) is 2.08. The predicted molar refractivity (Wildman–Crippen MR) is 72.9 cm³/mol. The molecule has 14 heavy (non-hydrogen) atoms. The number of halogens is 2. The molecule has 0 atom stereocenters. The minimum absolute atomic E-state index is 0.913. The molecule has 0 N–H and O–H groups in total. The molecule has 1 saturated heterocycles. The summed E-state index contributed by atoms with van der Waals surface area (Å²) in [7, 11) is 0. The Labute approximate surface area is 107 Å². The van der Waals surface area contributed by atoms with Crippen LogP contribution in [0.25, 0.3) is 0 Å². The van der Waals surface area contributed by atoms with Crippen LogP contribution in [0.1, 0.15) is 13.3 Å². The maximum Gasteiger partial charge on any atom is 0.0377 e. The highest BCUT2D eigenvalue weighted by Crippen LogP contribution is 2.30. The summed E-state index contributed by atoms with van der Waals surface area (Å²) < 4.78 is 2.48. The fourth-order valence-electron chi connectivity index (χ4n) is 1.72. The van der Waals surface area contributed by atoms with Crippen LogP contribution < -0.4 is 4.90 Å². The number of benzene rings is 1. The number of hydrogen-bond donors (Lipinski definition) is 0. The van der Waals surface area contributed by atoms with E-state index in [9.17, 15) is 0 Å². The van der Waals surface area contributed by atoms with Gasteiger partial charge in [-0.05, 0) is 69.1 Å². The van der Waals surface area contributed by atoms with Crippen molar-refractivity contribution in [2.75, 3.05) is 18.0 Å². The lowest BCUT2D eigenvalue weighted by Crippen LogP contribution is -2.46. The molecule has 0 saturated carbocycles. The van der Waals surface area contributed by atoms with Gasteiger partial charge in [-0.3, -0.25) is 0 Å². The van der Waals surface area contributed by atoms with Gasteiger partial charge in [-0.2, -0.15) is 0 Å². The Bertz CT molecular complexity index is 334. The van der Waals surface area contributed by atoms with Gasteiger partial charge in [0.1, 0.15) is 0 Å². The maximum atomic E-state index is 3.52. The predicted octanol–water partition coefficient (Wildman–Crippen LogP) is 3.90. The third-order valence-corrected chi connectivity index (χ3v) is 5.13. The van der Waals surface area contributed by atoms with E-state index in [2.05, 4.69) is 68.5 Å². The zero-order valence-corrected chi connectivity index (χ0v) is 11.9. The van der Waals surface area contributed by atoms with Crippen molar-refractivity contribution in [3.05, 3.63) is 26.2 Å². The standard InChI is InChI=1S/C11H13BrIN/c1-2-8-6-14(7-8)9-3-4-10(12)11(13)5-9/h3-5,8H,2,6-7H2,1H3. The average Bonchev–Trinajstić information content (AvgIpc) is 2.09. The summed E-state index contributed by atoms with van der Waals surface area (Å²) in [6.07, 6.45) is 1.31. The van der Waals surface area contributed by atoms with Crippen LogP contribution in [0.15, 0.2) is 22.7 Å². The van der Waals surface area contributed by atoms with E-state index in [0.717, 1.165) is 5.92 Å². The maximum absolute atomic E-state index is 3.52. The highest BCUT2D eigenvalue weighted by atomic mass is 127. The summed E-state index contributed by atoms with van der Waals surface area (Å²) in [6.45, 7) is 4.73. The Morgan fingerprint density at radius 1 is 1.50 bits per heavy atom. The molecule has 1 aromatic rings. The van der Waals surface area contributed by atoms with Crippen LogP contribution >= 0.6 is 38.5 Å². The smallest absolute Gasteiger partial charge is 0.0377 e. The van der Waals surface area contributed by atoms with Gasteiger partial charge in [0.2, 0.25) is 0 Å². The molecule has 1 aromatic carbocycles. The van der Waals surface area contributed by atoms with Gasteiger partial charge < -0.3 is 4.90 Å². The minimum Gasteiger partial charge on any atom is -0.371 e. The highest BCUT2D eigenvalue weighted by molar-refractivity contribution is 14.1. The second kappa shape index (κ2) is 4.39. The average molecular weight is 366 g/mol. The Morgan fingerprint density at radius 2 is 2.21 bits per heavy atom. The minimum atomic E-state index is 0.913. The molecule has 1 heterocycles. The Morgan fingerprint density at radius 3 is 2.79 bits per heavy atom. The molecule has 1 aliphatic rings. The third-order valence-electron chi connectivity index (χ3n) is 2.80. The van der Waals surface area contributed by atoms with Crippen molar-refractivity contribution in [1.29, 1.82) is 0 Å². The van der Waals surface area contributed by atoms with Gasteiger partial charge in [0.15, 0.2) is 0 Å². The van der Waals surface area contributed by atoms with E-state index in [1.165, 1.54) is 33.2 Å². The first-order valence-electron chi connectivity index (χ1n) is 4.90. The van der Waals surface area contributed by atoms with Crippen LogP contribution in [-0.2, 0) is 0 Å². The van der Waals surface area contributed by atoms with Gasteiger partial charge in [0.05, 0.1) is 0 Å². The largest absolute Gasteiger partial charge is 0.371 e. The van der Waals surface area contributed by atoms with Gasteiger partial charge in [-0.25, -0.2) is 0 Å². The molecular weight excluding hydrogens is 353 g/mol. The lowest BCUT2D eigenvalue weighted by atomic mass is 9.97. The molecule has 1 nitrogen and oxygen atoms in total. The topological polar surface area (TPSA) is 3.24 Å². The zero-order valence-electron chi connectivity index (χ0n) is 8.13. The van der Waals surface area contributed by atoms with E-state index < -0.39 is 0 Å².